The predicted molar refractivity (Wildman–Crippen MR) is 68.6 cm³/mol. The standard InChI is InChI=1S/C13H14N4O2/c1-8-6-10(18)4-5-17(8)13(19)9-2-3-11-12(7-9)15-16-14-11/h2-3,7-8H,4-6H2,1H3,(H,14,15,16)/t8-/m0/s1. The third-order valence-corrected chi connectivity index (χ3v) is 3.52. The number of ketones is 1. The van der Waals surface area contributed by atoms with Crippen molar-refractivity contribution in [3.8, 4) is 0 Å². The van der Waals surface area contributed by atoms with E-state index in [1.54, 1.807) is 23.1 Å². The van der Waals surface area contributed by atoms with Gasteiger partial charge in [-0.3, -0.25) is 14.7 Å². The molecule has 98 valence electrons. The highest BCUT2D eigenvalue weighted by atomic mass is 16.2. The minimum atomic E-state index is -0.0510. The van der Waals surface area contributed by atoms with Gasteiger partial charge in [0.25, 0.3) is 5.91 Å². The third kappa shape index (κ3) is 2.09. The van der Waals surface area contributed by atoms with Crippen LogP contribution in [0.2, 0.25) is 0 Å². The number of aromatic nitrogens is 3. The number of piperidine rings is 1. The third-order valence-electron chi connectivity index (χ3n) is 3.52. The van der Waals surface area contributed by atoms with Crippen LogP contribution < -0.4 is 0 Å². The minimum absolute atomic E-state index is 0.0400. The van der Waals surface area contributed by atoms with E-state index in [4.69, 9.17) is 0 Å². The topological polar surface area (TPSA) is 79.0 Å². The van der Waals surface area contributed by atoms with E-state index < -0.39 is 0 Å². The van der Waals surface area contributed by atoms with Gasteiger partial charge in [-0.1, -0.05) is 5.21 Å². The van der Waals surface area contributed by atoms with Crippen molar-refractivity contribution in [2.45, 2.75) is 25.8 Å². The number of aromatic amines is 1. The summed E-state index contributed by atoms with van der Waals surface area (Å²) in [5, 5.41) is 10.4. The van der Waals surface area contributed by atoms with Crippen molar-refractivity contribution in [1.82, 2.24) is 20.3 Å². The molecule has 1 N–H and O–H groups in total. The van der Waals surface area contributed by atoms with E-state index >= 15 is 0 Å². The Balaban J connectivity index is 1.88. The number of hydrogen-bond donors (Lipinski definition) is 1. The van der Waals surface area contributed by atoms with Crippen molar-refractivity contribution in [2.24, 2.45) is 0 Å². The fraction of sp³-hybridized carbons (Fsp3) is 0.385. The monoisotopic (exact) mass is 258 g/mol. The average molecular weight is 258 g/mol. The molecule has 6 nitrogen and oxygen atoms in total. The van der Waals surface area contributed by atoms with Crippen LogP contribution in [-0.4, -0.2) is 44.6 Å². The smallest absolute Gasteiger partial charge is 0.254 e. The Morgan fingerprint density at radius 3 is 3.11 bits per heavy atom. The van der Waals surface area contributed by atoms with Crippen LogP contribution in [0.3, 0.4) is 0 Å². The van der Waals surface area contributed by atoms with E-state index in [1.807, 2.05) is 6.92 Å². The molecule has 2 aromatic rings. The molecular weight excluding hydrogens is 244 g/mol. The highest BCUT2D eigenvalue weighted by Gasteiger charge is 2.28. The molecule has 1 saturated heterocycles. The molecule has 0 aliphatic carbocycles. The summed E-state index contributed by atoms with van der Waals surface area (Å²) < 4.78 is 0. The maximum atomic E-state index is 12.4. The van der Waals surface area contributed by atoms with Crippen molar-refractivity contribution in [1.29, 1.82) is 0 Å². The van der Waals surface area contributed by atoms with Gasteiger partial charge >= 0.3 is 0 Å². The van der Waals surface area contributed by atoms with Crippen LogP contribution in [0.25, 0.3) is 11.0 Å². The summed E-state index contributed by atoms with van der Waals surface area (Å²) in [6.45, 7) is 2.40. The fourth-order valence-electron chi connectivity index (χ4n) is 2.45. The summed E-state index contributed by atoms with van der Waals surface area (Å²) in [5.41, 5.74) is 2.06. The molecule has 1 atom stereocenters. The average Bonchev–Trinajstić information content (AvgIpc) is 2.85. The number of nitrogens with one attached hydrogen (secondary N) is 1. The van der Waals surface area contributed by atoms with Crippen molar-refractivity contribution in [3.05, 3.63) is 23.8 Å². The van der Waals surface area contributed by atoms with Gasteiger partial charge in [0, 0.05) is 31.0 Å². The van der Waals surface area contributed by atoms with Crippen LogP contribution in [0.15, 0.2) is 18.2 Å². The van der Waals surface area contributed by atoms with Crippen LogP contribution in [0.5, 0.6) is 0 Å². The molecule has 0 saturated carbocycles. The first kappa shape index (κ1) is 11.8. The SMILES string of the molecule is C[C@H]1CC(=O)CCN1C(=O)c1ccc2[nH]nnc2c1. The molecule has 19 heavy (non-hydrogen) atoms. The molecule has 1 aromatic heterocycles. The number of likely N-dealkylation sites (tertiary alicyclic amines) is 1. The molecule has 0 spiro atoms. The van der Waals surface area contributed by atoms with Gasteiger partial charge in [-0.2, -0.15) is 0 Å². The molecule has 1 aliphatic rings. The Kier molecular flexibility index (Phi) is 2.77. The fourth-order valence-corrected chi connectivity index (χ4v) is 2.45. The zero-order chi connectivity index (χ0) is 13.4. The molecular formula is C13H14N4O2. The van der Waals surface area contributed by atoms with E-state index in [0.717, 1.165) is 5.52 Å². The molecule has 6 heteroatoms. The molecule has 2 heterocycles. The lowest BCUT2D eigenvalue weighted by atomic mass is 10.0. The molecule has 1 aromatic carbocycles. The Morgan fingerprint density at radius 2 is 2.32 bits per heavy atom. The van der Waals surface area contributed by atoms with Crippen LogP contribution in [0.4, 0.5) is 0 Å². The van der Waals surface area contributed by atoms with E-state index in [9.17, 15) is 9.59 Å². The largest absolute Gasteiger partial charge is 0.335 e. The first-order chi connectivity index (χ1) is 9.15. The number of benzene rings is 1. The number of Topliss-reactive ketones (excluding diaryl/α,β-unsaturated/α-hetero) is 1. The Morgan fingerprint density at radius 1 is 1.47 bits per heavy atom. The van der Waals surface area contributed by atoms with E-state index in [0.29, 0.717) is 30.5 Å². The second kappa shape index (κ2) is 4.46. The number of rotatable bonds is 1. The molecule has 1 fully saturated rings. The van der Waals surface area contributed by atoms with E-state index in [-0.39, 0.29) is 17.7 Å². The van der Waals surface area contributed by atoms with Gasteiger partial charge in [0.15, 0.2) is 0 Å². The summed E-state index contributed by atoms with van der Waals surface area (Å²) in [6, 6.07) is 5.24. The number of fused-ring (bicyclic) bond motifs is 1. The first-order valence-corrected chi connectivity index (χ1v) is 6.28. The van der Waals surface area contributed by atoms with Gasteiger partial charge in [0.1, 0.15) is 11.3 Å². The van der Waals surface area contributed by atoms with Crippen molar-refractivity contribution in [3.63, 3.8) is 0 Å². The first-order valence-electron chi connectivity index (χ1n) is 6.28. The second-order valence-corrected chi connectivity index (χ2v) is 4.88. The Hall–Kier alpha value is -2.24. The summed E-state index contributed by atoms with van der Waals surface area (Å²) in [4.78, 5) is 25.5. The van der Waals surface area contributed by atoms with E-state index in [1.165, 1.54) is 0 Å². The highest BCUT2D eigenvalue weighted by Crippen LogP contribution is 2.19. The Bertz CT molecular complexity index is 649. The minimum Gasteiger partial charge on any atom is -0.335 e. The van der Waals surface area contributed by atoms with Gasteiger partial charge in [-0.15, -0.1) is 5.10 Å². The van der Waals surface area contributed by atoms with Crippen LogP contribution in [-0.2, 0) is 4.79 Å². The molecule has 0 unspecified atom stereocenters. The zero-order valence-corrected chi connectivity index (χ0v) is 10.6. The van der Waals surface area contributed by atoms with Gasteiger partial charge in [-0.25, -0.2) is 0 Å². The number of carbonyl (C=O) groups excluding carboxylic acids is 2. The van der Waals surface area contributed by atoms with Gasteiger partial charge < -0.3 is 4.90 Å². The van der Waals surface area contributed by atoms with Crippen molar-refractivity contribution < 1.29 is 9.59 Å². The summed E-state index contributed by atoms with van der Waals surface area (Å²) in [6.07, 6.45) is 0.889. The summed E-state index contributed by atoms with van der Waals surface area (Å²) in [7, 11) is 0. The number of hydrogen-bond acceptors (Lipinski definition) is 4. The highest BCUT2D eigenvalue weighted by molar-refractivity contribution is 5.98. The maximum Gasteiger partial charge on any atom is 0.254 e. The number of H-pyrrole nitrogens is 1. The number of nitrogens with zero attached hydrogens (tertiary/aromatic N) is 3. The normalized spacial score (nSPS) is 19.9. The quantitative estimate of drug-likeness (QED) is 0.832. The van der Waals surface area contributed by atoms with Crippen LogP contribution in [0, 0.1) is 0 Å². The van der Waals surface area contributed by atoms with Gasteiger partial charge in [0.2, 0.25) is 0 Å². The van der Waals surface area contributed by atoms with Gasteiger partial charge in [-0.05, 0) is 25.1 Å². The zero-order valence-electron chi connectivity index (χ0n) is 10.6. The summed E-state index contributed by atoms with van der Waals surface area (Å²) >= 11 is 0. The molecule has 1 amide bonds. The molecule has 0 radical (unpaired) electrons. The lowest BCUT2D eigenvalue weighted by molar-refractivity contribution is -0.122. The molecule has 3 rings (SSSR count). The lowest BCUT2D eigenvalue weighted by Gasteiger charge is -2.32. The Labute approximate surface area is 109 Å². The van der Waals surface area contributed by atoms with Gasteiger partial charge in [0.05, 0.1) is 5.52 Å². The predicted octanol–water partition coefficient (Wildman–Crippen LogP) is 1.15. The van der Waals surface area contributed by atoms with Crippen LogP contribution >= 0.6 is 0 Å². The molecule has 0 bridgehead atoms. The molecule has 1 aliphatic heterocycles. The van der Waals surface area contributed by atoms with Crippen molar-refractivity contribution in [2.75, 3.05) is 6.54 Å². The van der Waals surface area contributed by atoms with Crippen LogP contribution in [0.1, 0.15) is 30.1 Å². The second-order valence-electron chi connectivity index (χ2n) is 4.88. The lowest BCUT2D eigenvalue weighted by Crippen LogP contribution is -2.44. The number of amides is 1. The number of carbonyl (C=O) groups is 2. The summed E-state index contributed by atoms with van der Waals surface area (Å²) in [5.74, 6) is 0.174. The van der Waals surface area contributed by atoms with Crippen molar-refractivity contribution >= 4 is 22.7 Å². The van der Waals surface area contributed by atoms with E-state index in [2.05, 4.69) is 15.4 Å². The maximum absolute atomic E-state index is 12.4.